The van der Waals surface area contributed by atoms with E-state index in [1.165, 1.54) is 49.0 Å². The van der Waals surface area contributed by atoms with Crippen LogP contribution in [0.4, 0.5) is 0 Å². The second-order valence-corrected chi connectivity index (χ2v) is 5.99. The quantitative estimate of drug-likeness (QED) is 0.389. The molecule has 0 unspecified atom stereocenters. The highest BCUT2D eigenvalue weighted by atomic mass is 14.9. The number of hydrogen-bond acceptors (Lipinski definition) is 0. The van der Waals surface area contributed by atoms with Crippen LogP contribution >= 0.6 is 0 Å². The third-order valence-electron chi connectivity index (χ3n) is 4.87. The predicted octanol–water partition coefficient (Wildman–Crippen LogP) is 5.32. The van der Waals surface area contributed by atoms with Gasteiger partial charge in [0.2, 0.25) is 0 Å². The van der Waals surface area contributed by atoms with E-state index in [1.54, 1.807) is 0 Å². The normalized spacial score (nSPS) is 12.5. The summed E-state index contributed by atoms with van der Waals surface area (Å²) in [6.45, 7) is 0. The van der Waals surface area contributed by atoms with Crippen LogP contribution in [0.5, 0.6) is 0 Å². The van der Waals surface area contributed by atoms with E-state index in [9.17, 15) is 0 Å². The Kier molecular flexibility index (Phi) is 1.66. The minimum Gasteiger partial charge on any atom is -0.354 e. The first-order valence-electron chi connectivity index (χ1n) is 7.56. The summed E-state index contributed by atoms with van der Waals surface area (Å²) in [5.74, 6) is 0. The van der Waals surface area contributed by atoms with E-state index < -0.39 is 0 Å². The van der Waals surface area contributed by atoms with E-state index in [0.29, 0.717) is 0 Å². The van der Waals surface area contributed by atoms with Crippen molar-refractivity contribution in [2.75, 3.05) is 0 Å². The third-order valence-corrected chi connectivity index (χ3v) is 4.87. The first-order valence-corrected chi connectivity index (χ1v) is 7.56. The number of rotatable bonds is 0. The number of aromatic amines is 1. The average molecular weight is 280 g/mol. The van der Waals surface area contributed by atoms with Crippen molar-refractivity contribution < 1.29 is 0 Å². The van der Waals surface area contributed by atoms with Gasteiger partial charge in [-0.1, -0.05) is 36.4 Å². The average Bonchev–Trinajstić information content (AvgIpc) is 3.22. The second kappa shape index (κ2) is 3.42. The molecule has 0 aliphatic heterocycles. The molecule has 22 heavy (non-hydrogen) atoms. The van der Waals surface area contributed by atoms with E-state index in [0.717, 1.165) is 0 Å². The van der Waals surface area contributed by atoms with E-state index in [4.69, 9.17) is 0 Å². The Morgan fingerprint density at radius 3 is 2.50 bits per heavy atom. The van der Waals surface area contributed by atoms with Gasteiger partial charge in [0.1, 0.15) is 0 Å². The molecule has 1 N–H and O–H groups in total. The van der Waals surface area contributed by atoms with Crippen LogP contribution in [0.25, 0.3) is 49.0 Å². The van der Waals surface area contributed by atoms with E-state index >= 15 is 0 Å². The summed E-state index contributed by atoms with van der Waals surface area (Å²) in [6, 6.07) is 21.7. The Morgan fingerprint density at radius 1 is 0.727 bits per heavy atom. The number of nitrogens with zero attached hydrogens (tertiary/aromatic N) is 1. The van der Waals surface area contributed by atoms with Gasteiger partial charge in [-0.15, -0.1) is 0 Å². The van der Waals surface area contributed by atoms with Crippen LogP contribution in [0, 0.1) is 0 Å². The number of para-hydroxylation sites is 2. The Balaban J connectivity index is 2.10. The van der Waals surface area contributed by atoms with E-state index in [1.807, 2.05) is 0 Å². The van der Waals surface area contributed by atoms with Crippen molar-refractivity contribution in [3.05, 3.63) is 66.9 Å². The molecule has 0 aliphatic carbocycles. The van der Waals surface area contributed by atoms with Crippen LogP contribution in [-0.2, 0) is 0 Å². The summed E-state index contributed by atoms with van der Waals surface area (Å²) in [5.41, 5.74) is 5.04. The molecule has 3 aromatic carbocycles. The Morgan fingerprint density at radius 2 is 1.55 bits per heavy atom. The van der Waals surface area contributed by atoms with Crippen molar-refractivity contribution in [1.82, 2.24) is 9.38 Å². The molecular formula is C20H12N2. The zero-order valence-corrected chi connectivity index (χ0v) is 11.8. The Hall–Kier alpha value is -3.00. The molecule has 102 valence electrons. The topological polar surface area (TPSA) is 20.2 Å². The molecule has 0 aliphatic rings. The molecule has 0 bridgehead atoms. The van der Waals surface area contributed by atoms with Gasteiger partial charge in [0.05, 0.1) is 11.0 Å². The standard InChI is InChI=1S/C20H12N2/c1-3-7-15-13(5-1)18-16(21-15)11-12-9-10-22-17-8-4-2-6-14(17)19(18)20(12)22/h1-11,21H. The number of H-pyrrole nitrogens is 1. The summed E-state index contributed by atoms with van der Waals surface area (Å²) in [5, 5.41) is 6.64. The summed E-state index contributed by atoms with van der Waals surface area (Å²) in [6.07, 6.45) is 2.18. The van der Waals surface area contributed by atoms with Crippen molar-refractivity contribution in [3.63, 3.8) is 0 Å². The lowest BCUT2D eigenvalue weighted by molar-refractivity contribution is 1.30. The first kappa shape index (κ1) is 10.7. The van der Waals surface area contributed by atoms with Gasteiger partial charge in [-0.3, -0.25) is 0 Å². The van der Waals surface area contributed by atoms with Crippen molar-refractivity contribution >= 4 is 49.0 Å². The predicted molar refractivity (Wildman–Crippen MR) is 93.0 cm³/mol. The lowest BCUT2D eigenvalue weighted by atomic mass is 10.0. The van der Waals surface area contributed by atoms with Gasteiger partial charge in [-0.2, -0.15) is 0 Å². The van der Waals surface area contributed by atoms with Crippen LogP contribution in [0.2, 0.25) is 0 Å². The molecule has 3 aromatic heterocycles. The summed E-state index contributed by atoms with van der Waals surface area (Å²) in [4.78, 5) is 3.58. The van der Waals surface area contributed by atoms with Crippen LogP contribution in [0.1, 0.15) is 0 Å². The highest BCUT2D eigenvalue weighted by Gasteiger charge is 2.17. The molecule has 3 heterocycles. The number of aromatic nitrogens is 2. The third kappa shape index (κ3) is 1.06. The van der Waals surface area contributed by atoms with Gasteiger partial charge in [-0.25, -0.2) is 0 Å². The van der Waals surface area contributed by atoms with Crippen LogP contribution in [0.3, 0.4) is 0 Å². The zero-order valence-electron chi connectivity index (χ0n) is 11.8. The van der Waals surface area contributed by atoms with E-state index in [-0.39, 0.29) is 0 Å². The minimum absolute atomic E-state index is 1.21. The van der Waals surface area contributed by atoms with Crippen molar-refractivity contribution in [1.29, 1.82) is 0 Å². The molecule has 6 aromatic rings. The molecule has 0 spiro atoms. The Bertz CT molecular complexity index is 1320. The van der Waals surface area contributed by atoms with Crippen molar-refractivity contribution in [2.45, 2.75) is 0 Å². The van der Waals surface area contributed by atoms with Gasteiger partial charge in [0.15, 0.2) is 0 Å². The fourth-order valence-electron chi connectivity index (χ4n) is 4.00. The monoisotopic (exact) mass is 280 g/mol. The fourth-order valence-corrected chi connectivity index (χ4v) is 4.00. The summed E-state index contributed by atoms with van der Waals surface area (Å²) in [7, 11) is 0. The summed E-state index contributed by atoms with van der Waals surface area (Å²) < 4.78 is 2.32. The van der Waals surface area contributed by atoms with Crippen LogP contribution in [0.15, 0.2) is 66.9 Å². The van der Waals surface area contributed by atoms with Gasteiger partial charge >= 0.3 is 0 Å². The molecule has 0 atom stereocenters. The smallest absolute Gasteiger partial charge is 0.0615 e. The molecule has 2 nitrogen and oxygen atoms in total. The van der Waals surface area contributed by atoms with Gasteiger partial charge in [0.25, 0.3) is 0 Å². The molecule has 6 rings (SSSR count). The number of benzene rings is 3. The molecule has 0 radical (unpaired) electrons. The lowest BCUT2D eigenvalue weighted by Crippen LogP contribution is -1.75. The molecule has 0 saturated heterocycles. The minimum atomic E-state index is 1.21. The molecule has 0 amide bonds. The molecular weight excluding hydrogens is 268 g/mol. The number of fused-ring (bicyclic) bond motifs is 7. The van der Waals surface area contributed by atoms with E-state index in [2.05, 4.69) is 76.2 Å². The highest BCUT2D eigenvalue weighted by molar-refractivity contribution is 6.31. The van der Waals surface area contributed by atoms with Crippen LogP contribution in [-0.4, -0.2) is 9.38 Å². The second-order valence-electron chi connectivity index (χ2n) is 5.99. The maximum absolute atomic E-state index is 3.58. The summed E-state index contributed by atoms with van der Waals surface area (Å²) >= 11 is 0. The SMILES string of the molecule is c1ccc2c(c1)[nH]c1cc3ccn4c5ccccc5c(c12)c34. The number of nitrogens with one attached hydrogen (secondary N) is 1. The first-order chi connectivity index (χ1) is 10.9. The maximum Gasteiger partial charge on any atom is 0.0615 e. The van der Waals surface area contributed by atoms with Gasteiger partial charge < -0.3 is 9.38 Å². The highest BCUT2D eigenvalue weighted by Crippen LogP contribution is 2.40. The fraction of sp³-hybridized carbons (Fsp3) is 0. The molecule has 0 fully saturated rings. The molecule has 2 heteroatoms. The maximum atomic E-state index is 3.58. The van der Waals surface area contributed by atoms with Crippen molar-refractivity contribution in [3.8, 4) is 0 Å². The van der Waals surface area contributed by atoms with Gasteiger partial charge in [-0.05, 0) is 24.3 Å². The largest absolute Gasteiger partial charge is 0.354 e. The Labute approximate surface area is 125 Å². The van der Waals surface area contributed by atoms with Crippen LogP contribution < -0.4 is 0 Å². The van der Waals surface area contributed by atoms with Gasteiger partial charge in [0, 0.05) is 44.2 Å². The zero-order chi connectivity index (χ0) is 14.3. The number of hydrogen-bond donors (Lipinski definition) is 1. The lowest BCUT2D eigenvalue weighted by Gasteiger charge is -1.97. The van der Waals surface area contributed by atoms with Crippen molar-refractivity contribution in [2.24, 2.45) is 0 Å². The molecule has 0 saturated carbocycles.